The Hall–Kier alpha value is -2.59. The fourth-order valence-corrected chi connectivity index (χ4v) is 3.91. The van der Waals surface area contributed by atoms with Gasteiger partial charge < -0.3 is 20.7 Å². The van der Waals surface area contributed by atoms with Gasteiger partial charge in [-0.15, -0.1) is 0 Å². The fraction of sp³-hybridized carbons (Fsp3) is 0.550. The molecule has 1 atom stereocenters. The molecule has 3 fully saturated rings. The molecule has 1 aliphatic heterocycles. The van der Waals surface area contributed by atoms with Crippen molar-refractivity contribution in [3.05, 3.63) is 23.8 Å². The normalized spacial score (nSPS) is 20.5. The maximum absolute atomic E-state index is 13.7. The number of ether oxygens (including phenoxy) is 1. The monoisotopic (exact) mass is 422 g/mol. The first kappa shape index (κ1) is 20.7. The maximum atomic E-state index is 13.7. The standard InChI is InChI=1S/C20H24F2N4O4/c21-18(22)14-9-11(1-6-15(14)25-7-8-30-10-16(25)27)24-20(29)17(19(23)28)26(12-2-3-12)13-4-5-13/h1,6,9,12-13,17-18H,2-5,7-8,10H2,(H2,23,28)(H,24,29)/t17-/m1/s1. The van der Waals surface area contributed by atoms with Crippen molar-refractivity contribution in [1.29, 1.82) is 0 Å². The van der Waals surface area contributed by atoms with Crippen molar-refractivity contribution in [2.45, 2.75) is 50.2 Å². The minimum absolute atomic E-state index is 0.0836. The van der Waals surface area contributed by atoms with Crippen molar-refractivity contribution in [2.24, 2.45) is 5.73 Å². The molecule has 0 spiro atoms. The molecule has 0 radical (unpaired) electrons. The third-order valence-corrected chi connectivity index (χ3v) is 5.56. The Morgan fingerprint density at radius 2 is 1.87 bits per heavy atom. The fourth-order valence-electron chi connectivity index (χ4n) is 3.91. The number of carbonyl (C=O) groups is 3. The molecule has 2 aliphatic carbocycles. The lowest BCUT2D eigenvalue weighted by molar-refractivity contribution is -0.133. The molecule has 8 nitrogen and oxygen atoms in total. The molecule has 1 heterocycles. The first-order chi connectivity index (χ1) is 14.4. The molecule has 0 unspecified atom stereocenters. The maximum Gasteiger partial charge on any atom is 0.265 e. The number of nitrogens with one attached hydrogen (secondary N) is 1. The van der Waals surface area contributed by atoms with Gasteiger partial charge in [-0.05, 0) is 43.9 Å². The van der Waals surface area contributed by atoms with E-state index in [1.807, 2.05) is 4.90 Å². The smallest absolute Gasteiger partial charge is 0.265 e. The zero-order chi connectivity index (χ0) is 21.4. The van der Waals surface area contributed by atoms with Crippen LogP contribution in [0.1, 0.15) is 37.7 Å². The van der Waals surface area contributed by atoms with Crippen LogP contribution >= 0.6 is 0 Å². The summed E-state index contributed by atoms with van der Waals surface area (Å²) in [4.78, 5) is 40.1. The van der Waals surface area contributed by atoms with Crippen molar-refractivity contribution in [3.8, 4) is 0 Å². The second-order valence-corrected chi connectivity index (χ2v) is 7.88. The van der Waals surface area contributed by atoms with Crippen LogP contribution < -0.4 is 16.0 Å². The average molecular weight is 422 g/mol. The summed E-state index contributed by atoms with van der Waals surface area (Å²) < 4.78 is 32.5. The molecule has 3 amide bonds. The molecule has 10 heteroatoms. The van der Waals surface area contributed by atoms with Gasteiger partial charge in [-0.3, -0.25) is 19.3 Å². The summed E-state index contributed by atoms with van der Waals surface area (Å²) in [5, 5.41) is 2.56. The van der Waals surface area contributed by atoms with Gasteiger partial charge >= 0.3 is 0 Å². The van der Waals surface area contributed by atoms with Gasteiger partial charge in [-0.1, -0.05) is 0 Å². The van der Waals surface area contributed by atoms with E-state index < -0.39 is 30.2 Å². The lowest BCUT2D eigenvalue weighted by atomic mass is 10.1. The highest BCUT2D eigenvalue weighted by atomic mass is 19.3. The number of primary amides is 1. The Labute approximate surface area is 172 Å². The number of alkyl halides is 2. The Morgan fingerprint density at radius 1 is 1.20 bits per heavy atom. The van der Waals surface area contributed by atoms with Crippen molar-refractivity contribution >= 4 is 29.1 Å². The third-order valence-electron chi connectivity index (χ3n) is 5.56. The van der Waals surface area contributed by atoms with E-state index in [9.17, 15) is 23.2 Å². The molecule has 4 rings (SSSR count). The Bertz CT molecular complexity index is 845. The van der Waals surface area contributed by atoms with Crippen LogP contribution in [0.4, 0.5) is 20.2 Å². The molecule has 2 saturated carbocycles. The quantitative estimate of drug-likeness (QED) is 0.617. The molecular weight excluding hydrogens is 398 g/mol. The Balaban J connectivity index is 1.56. The summed E-state index contributed by atoms with van der Waals surface area (Å²) in [5.74, 6) is -1.79. The topological polar surface area (TPSA) is 105 Å². The molecule has 1 saturated heterocycles. The number of nitrogens with zero attached hydrogens (tertiary/aromatic N) is 2. The molecule has 3 aliphatic rings. The average Bonchev–Trinajstić information content (AvgIpc) is 3.60. The van der Waals surface area contributed by atoms with E-state index in [2.05, 4.69) is 5.32 Å². The minimum atomic E-state index is -2.85. The van der Waals surface area contributed by atoms with E-state index in [1.54, 1.807) is 0 Å². The summed E-state index contributed by atoms with van der Waals surface area (Å²) in [6.07, 6.45) is 0.779. The molecule has 0 bridgehead atoms. The van der Waals surface area contributed by atoms with E-state index in [0.717, 1.165) is 31.7 Å². The third kappa shape index (κ3) is 4.29. The van der Waals surface area contributed by atoms with Gasteiger partial charge in [0.25, 0.3) is 18.2 Å². The van der Waals surface area contributed by atoms with E-state index in [4.69, 9.17) is 10.5 Å². The lowest BCUT2D eigenvalue weighted by Crippen LogP contribution is -2.54. The van der Waals surface area contributed by atoms with Gasteiger partial charge in [-0.25, -0.2) is 8.78 Å². The van der Waals surface area contributed by atoms with Crippen LogP contribution in [-0.2, 0) is 19.1 Å². The number of morpholine rings is 1. The number of nitrogens with two attached hydrogens (primary N) is 1. The highest BCUT2D eigenvalue weighted by molar-refractivity contribution is 6.10. The van der Waals surface area contributed by atoms with Crippen LogP contribution in [-0.4, -0.2) is 60.5 Å². The number of amides is 3. The Kier molecular flexibility index (Phi) is 5.70. The van der Waals surface area contributed by atoms with Crippen molar-refractivity contribution < 1.29 is 27.9 Å². The van der Waals surface area contributed by atoms with Crippen molar-refractivity contribution in [2.75, 3.05) is 30.0 Å². The highest BCUT2D eigenvalue weighted by Gasteiger charge is 2.47. The van der Waals surface area contributed by atoms with Crippen LogP contribution in [0.5, 0.6) is 0 Å². The first-order valence-corrected chi connectivity index (χ1v) is 10.0. The molecular formula is C20H24F2N4O4. The molecule has 0 aromatic heterocycles. The predicted molar refractivity (Wildman–Crippen MR) is 104 cm³/mol. The highest BCUT2D eigenvalue weighted by Crippen LogP contribution is 2.39. The SMILES string of the molecule is NC(=O)[C@H](C(=O)Nc1ccc(N2CCOCC2=O)c(C(F)F)c1)N(C1CC1)C1CC1. The molecule has 1 aromatic rings. The molecule has 30 heavy (non-hydrogen) atoms. The van der Waals surface area contributed by atoms with Gasteiger partial charge in [0, 0.05) is 29.9 Å². The summed E-state index contributed by atoms with van der Waals surface area (Å²) in [7, 11) is 0. The first-order valence-electron chi connectivity index (χ1n) is 10.0. The largest absolute Gasteiger partial charge is 0.370 e. The van der Waals surface area contributed by atoms with Crippen LogP contribution in [0.2, 0.25) is 0 Å². The van der Waals surface area contributed by atoms with E-state index in [-0.39, 0.29) is 48.8 Å². The number of anilines is 2. The predicted octanol–water partition coefficient (Wildman–Crippen LogP) is 1.41. The van der Waals surface area contributed by atoms with Gasteiger partial charge in [0.15, 0.2) is 6.04 Å². The number of hydrogen-bond acceptors (Lipinski definition) is 5. The number of halogens is 2. The number of benzene rings is 1. The number of hydrogen-bond donors (Lipinski definition) is 2. The Morgan fingerprint density at radius 3 is 2.40 bits per heavy atom. The van der Waals surface area contributed by atoms with Crippen LogP contribution in [0.25, 0.3) is 0 Å². The van der Waals surface area contributed by atoms with Gasteiger partial charge in [-0.2, -0.15) is 0 Å². The van der Waals surface area contributed by atoms with E-state index >= 15 is 0 Å². The zero-order valence-electron chi connectivity index (χ0n) is 16.4. The molecule has 1 aromatic carbocycles. The number of carbonyl (C=O) groups excluding carboxylic acids is 3. The molecule has 162 valence electrons. The summed E-state index contributed by atoms with van der Waals surface area (Å²) in [6.45, 7) is 0.261. The molecule has 3 N–H and O–H groups in total. The minimum Gasteiger partial charge on any atom is -0.370 e. The number of rotatable bonds is 8. The zero-order valence-corrected chi connectivity index (χ0v) is 16.4. The van der Waals surface area contributed by atoms with Crippen LogP contribution in [0, 0.1) is 0 Å². The van der Waals surface area contributed by atoms with Crippen LogP contribution in [0.15, 0.2) is 18.2 Å². The van der Waals surface area contributed by atoms with Gasteiger partial charge in [0.2, 0.25) is 5.91 Å². The van der Waals surface area contributed by atoms with Crippen molar-refractivity contribution in [3.63, 3.8) is 0 Å². The second-order valence-electron chi connectivity index (χ2n) is 7.88. The van der Waals surface area contributed by atoms with E-state index in [0.29, 0.717) is 0 Å². The summed E-state index contributed by atoms with van der Waals surface area (Å²) in [5.41, 5.74) is 5.35. The second kappa shape index (κ2) is 8.27. The van der Waals surface area contributed by atoms with E-state index in [1.165, 1.54) is 17.0 Å². The lowest BCUT2D eigenvalue weighted by Gasteiger charge is -2.30. The van der Waals surface area contributed by atoms with Crippen LogP contribution in [0.3, 0.4) is 0 Å². The summed E-state index contributed by atoms with van der Waals surface area (Å²) >= 11 is 0. The van der Waals surface area contributed by atoms with Gasteiger partial charge in [0.05, 0.1) is 12.3 Å². The summed E-state index contributed by atoms with van der Waals surface area (Å²) in [6, 6.07) is 3.13. The van der Waals surface area contributed by atoms with Crippen molar-refractivity contribution in [1.82, 2.24) is 4.90 Å². The van der Waals surface area contributed by atoms with Gasteiger partial charge in [0.1, 0.15) is 6.61 Å².